The van der Waals surface area contributed by atoms with Gasteiger partial charge in [0.05, 0.1) is 6.04 Å². The molecule has 45 heavy (non-hydrogen) atoms. The van der Waals surface area contributed by atoms with Crippen LogP contribution in [0.5, 0.6) is 0 Å². The molecular weight excluding hydrogens is 607 g/mol. The molecule has 2 aliphatic carbocycles. The third-order valence-corrected chi connectivity index (χ3v) is 10.1. The van der Waals surface area contributed by atoms with Crippen LogP contribution in [-0.2, 0) is 16.0 Å². The van der Waals surface area contributed by atoms with Gasteiger partial charge in [0.1, 0.15) is 0 Å². The lowest BCUT2D eigenvalue weighted by molar-refractivity contribution is -0.174. The molecule has 2 saturated carbocycles. The van der Waals surface area contributed by atoms with Crippen molar-refractivity contribution >= 4 is 29.4 Å². The summed E-state index contributed by atoms with van der Waals surface area (Å²) < 4.78 is 38.2. The van der Waals surface area contributed by atoms with Gasteiger partial charge in [0.15, 0.2) is 0 Å². The number of carbonyl (C=O) groups excluding carboxylic acids is 3. The Morgan fingerprint density at radius 1 is 0.867 bits per heavy atom. The Morgan fingerprint density at radius 2 is 1.42 bits per heavy atom. The Kier molecular flexibility index (Phi) is 12.8. The minimum Gasteiger partial charge on any atom is -0.346 e. The molecule has 8 nitrogen and oxygen atoms in total. The van der Waals surface area contributed by atoms with Crippen LogP contribution in [-0.4, -0.2) is 95.1 Å². The molecule has 0 unspecified atom stereocenters. The number of hydrogen-bond acceptors (Lipinski definition) is 4. The number of nitrogens with one attached hydrogen (secondary N) is 2. The molecule has 2 N–H and O–H groups in total. The zero-order valence-corrected chi connectivity index (χ0v) is 27.3. The molecule has 252 valence electrons. The fourth-order valence-corrected chi connectivity index (χ4v) is 7.37. The maximum absolute atomic E-state index is 14.0. The van der Waals surface area contributed by atoms with Crippen LogP contribution in [0.2, 0.25) is 5.02 Å². The lowest BCUT2D eigenvalue weighted by Crippen LogP contribution is -2.58. The molecule has 1 heterocycles. The number of carbonyl (C=O) groups is 3. The van der Waals surface area contributed by atoms with E-state index in [1.54, 1.807) is 12.1 Å². The molecule has 1 aromatic carbocycles. The first-order valence-corrected chi connectivity index (χ1v) is 17.1. The van der Waals surface area contributed by atoms with Gasteiger partial charge in [-0.3, -0.25) is 9.59 Å². The average Bonchev–Trinajstić information content (AvgIpc) is 3.03. The summed E-state index contributed by atoms with van der Waals surface area (Å²) in [5.41, 5.74) is 0.958. The number of likely N-dealkylation sites (tertiary alicyclic amines) is 1. The Bertz CT molecular complexity index is 1110. The van der Waals surface area contributed by atoms with Crippen molar-refractivity contribution in [2.45, 2.75) is 127 Å². The van der Waals surface area contributed by atoms with E-state index in [0.29, 0.717) is 63.3 Å². The highest BCUT2D eigenvalue weighted by molar-refractivity contribution is 6.30. The second kappa shape index (κ2) is 16.3. The molecule has 0 radical (unpaired) electrons. The van der Waals surface area contributed by atoms with Gasteiger partial charge in [-0.05, 0) is 89.3 Å². The van der Waals surface area contributed by atoms with Crippen molar-refractivity contribution in [1.82, 2.24) is 25.3 Å². The van der Waals surface area contributed by atoms with E-state index < -0.39 is 24.2 Å². The van der Waals surface area contributed by atoms with E-state index in [9.17, 15) is 27.6 Å². The van der Waals surface area contributed by atoms with Crippen molar-refractivity contribution in [2.24, 2.45) is 0 Å². The molecular formula is C33H49ClF3N5O3. The van der Waals surface area contributed by atoms with Crippen molar-refractivity contribution in [3.8, 4) is 0 Å². The van der Waals surface area contributed by atoms with Gasteiger partial charge in [-0.25, -0.2) is 4.79 Å². The topological polar surface area (TPSA) is 85.0 Å². The lowest BCUT2D eigenvalue weighted by Gasteiger charge is -2.45. The summed E-state index contributed by atoms with van der Waals surface area (Å²) in [4.78, 5) is 45.1. The Morgan fingerprint density at radius 3 is 1.98 bits per heavy atom. The standard InChI is InChI=1S/C33H49ClF3N5O3/c1-3-40(4-2)32(45)42(27-8-6-5-7-9-27)28-18-20-41(21-19-28)30(43)29(22-23-10-12-24(34)13-11-23)38-25-14-16-26(17-15-25)39-31(44)33(35,36)37/h10-13,25-29,38H,3-9,14-22H2,1-2H3,(H,39,44)/t25-,26+,29-/m1/s1. The van der Waals surface area contributed by atoms with E-state index in [0.717, 1.165) is 44.1 Å². The van der Waals surface area contributed by atoms with Crippen LogP contribution in [0.3, 0.4) is 0 Å². The zero-order chi connectivity index (χ0) is 32.6. The number of urea groups is 1. The largest absolute Gasteiger partial charge is 0.471 e. The van der Waals surface area contributed by atoms with Gasteiger partial charge < -0.3 is 25.3 Å². The predicted molar refractivity (Wildman–Crippen MR) is 169 cm³/mol. The number of nitrogens with zero attached hydrogens (tertiary/aromatic N) is 3. The van der Waals surface area contributed by atoms with Crippen LogP contribution in [0.15, 0.2) is 24.3 Å². The van der Waals surface area contributed by atoms with Gasteiger partial charge in [-0.15, -0.1) is 0 Å². The second-order valence-corrected chi connectivity index (χ2v) is 13.2. The molecule has 0 bridgehead atoms. The molecule has 4 amide bonds. The first kappa shape index (κ1) is 35.3. The molecule has 1 atom stereocenters. The van der Waals surface area contributed by atoms with E-state index >= 15 is 0 Å². The molecule has 3 fully saturated rings. The number of halogens is 4. The van der Waals surface area contributed by atoms with Crippen LogP contribution in [0.25, 0.3) is 0 Å². The molecule has 3 aliphatic rings. The van der Waals surface area contributed by atoms with Crippen molar-refractivity contribution in [3.05, 3.63) is 34.9 Å². The number of alkyl halides is 3. The van der Waals surface area contributed by atoms with Gasteiger partial charge in [0.2, 0.25) is 5.91 Å². The number of amides is 4. The number of piperidine rings is 1. The Hall–Kier alpha value is -2.53. The average molecular weight is 656 g/mol. The van der Waals surface area contributed by atoms with Crippen LogP contribution in [0.1, 0.15) is 90.0 Å². The molecule has 1 aliphatic heterocycles. The Labute approximate surface area is 270 Å². The highest BCUT2D eigenvalue weighted by atomic mass is 35.5. The highest BCUT2D eigenvalue weighted by Crippen LogP contribution is 2.30. The summed E-state index contributed by atoms with van der Waals surface area (Å²) in [6.45, 7) is 6.50. The van der Waals surface area contributed by atoms with E-state index in [1.807, 2.05) is 35.8 Å². The highest BCUT2D eigenvalue weighted by Gasteiger charge is 2.41. The minimum absolute atomic E-state index is 0.00446. The fraction of sp³-hybridized carbons (Fsp3) is 0.727. The quantitative estimate of drug-likeness (QED) is 0.328. The molecule has 1 saturated heterocycles. The monoisotopic (exact) mass is 655 g/mol. The summed E-state index contributed by atoms with van der Waals surface area (Å²) in [6, 6.07) is 6.74. The third kappa shape index (κ3) is 9.73. The fourth-order valence-electron chi connectivity index (χ4n) is 7.24. The maximum Gasteiger partial charge on any atom is 0.471 e. The van der Waals surface area contributed by atoms with Gasteiger partial charge in [-0.1, -0.05) is 43.0 Å². The maximum atomic E-state index is 14.0. The first-order valence-electron chi connectivity index (χ1n) is 16.7. The zero-order valence-electron chi connectivity index (χ0n) is 26.6. The van der Waals surface area contributed by atoms with Gasteiger partial charge in [0.25, 0.3) is 0 Å². The van der Waals surface area contributed by atoms with Crippen LogP contribution in [0.4, 0.5) is 18.0 Å². The molecule has 12 heteroatoms. The Balaban J connectivity index is 1.41. The lowest BCUT2D eigenvalue weighted by atomic mass is 9.89. The van der Waals surface area contributed by atoms with E-state index in [4.69, 9.17) is 11.6 Å². The third-order valence-electron chi connectivity index (χ3n) is 9.80. The molecule has 1 aromatic rings. The summed E-state index contributed by atoms with van der Waals surface area (Å²) in [5, 5.41) is 6.23. The van der Waals surface area contributed by atoms with Crippen molar-refractivity contribution in [3.63, 3.8) is 0 Å². The number of rotatable bonds is 10. The first-order chi connectivity index (χ1) is 21.5. The summed E-state index contributed by atoms with van der Waals surface area (Å²) in [7, 11) is 0. The van der Waals surface area contributed by atoms with Crippen molar-refractivity contribution in [1.29, 1.82) is 0 Å². The minimum atomic E-state index is -4.90. The van der Waals surface area contributed by atoms with Crippen LogP contribution >= 0.6 is 11.6 Å². The van der Waals surface area contributed by atoms with E-state index in [2.05, 4.69) is 15.5 Å². The van der Waals surface area contributed by atoms with Gasteiger partial charge >= 0.3 is 18.1 Å². The smallest absolute Gasteiger partial charge is 0.346 e. The normalized spacial score (nSPS) is 22.5. The summed E-state index contributed by atoms with van der Waals surface area (Å²) in [6.07, 6.45) is 4.48. The van der Waals surface area contributed by atoms with Crippen molar-refractivity contribution in [2.75, 3.05) is 26.2 Å². The molecule has 4 rings (SSSR count). The van der Waals surface area contributed by atoms with Crippen LogP contribution in [0, 0.1) is 0 Å². The summed E-state index contributed by atoms with van der Waals surface area (Å²) >= 11 is 6.10. The predicted octanol–water partition coefficient (Wildman–Crippen LogP) is 5.92. The number of benzene rings is 1. The van der Waals surface area contributed by atoms with Crippen molar-refractivity contribution < 1.29 is 27.6 Å². The van der Waals surface area contributed by atoms with E-state index in [-0.39, 0.29) is 30.1 Å². The molecule has 0 spiro atoms. The summed E-state index contributed by atoms with van der Waals surface area (Å²) in [5.74, 6) is -1.91. The van der Waals surface area contributed by atoms with Crippen LogP contribution < -0.4 is 10.6 Å². The second-order valence-electron chi connectivity index (χ2n) is 12.8. The molecule has 0 aromatic heterocycles. The van der Waals surface area contributed by atoms with Gasteiger partial charge in [-0.2, -0.15) is 13.2 Å². The SMILES string of the molecule is CCN(CC)C(=O)N(C1CCCCC1)C1CCN(C(=O)[C@@H](Cc2ccc(Cl)cc2)N[C@H]2CC[C@@H](NC(=O)C(F)(F)F)CC2)CC1. The van der Waals surface area contributed by atoms with E-state index in [1.165, 1.54) is 6.42 Å². The number of hydrogen-bond donors (Lipinski definition) is 2. The van der Waals surface area contributed by atoms with Gasteiger partial charge in [0, 0.05) is 55.4 Å².